The fourth-order valence-corrected chi connectivity index (χ4v) is 4.77. The van der Waals surface area contributed by atoms with E-state index in [1.807, 2.05) is 103 Å². The number of aromatic nitrogens is 2. The Kier molecular flexibility index (Phi) is 5.97. The van der Waals surface area contributed by atoms with Gasteiger partial charge in [0, 0.05) is 14.7 Å². The summed E-state index contributed by atoms with van der Waals surface area (Å²) in [4.78, 5) is 37.7. The Balaban J connectivity index is 1.65. The highest BCUT2D eigenvalue weighted by Gasteiger charge is 2.35. The van der Waals surface area contributed by atoms with Gasteiger partial charge in [-0.3, -0.25) is 9.59 Å². The Labute approximate surface area is 226 Å². The van der Waals surface area contributed by atoms with Crippen LogP contribution in [0.3, 0.4) is 0 Å². The first-order valence-corrected chi connectivity index (χ1v) is 12.7. The zero-order chi connectivity index (χ0) is 25.4. The highest BCUT2D eigenvalue weighted by atomic mass is 127. The topological polar surface area (TPSA) is 67.6 Å². The van der Waals surface area contributed by atoms with E-state index >= 15 is 0 Å². The monoisotopic (exact) mass is 594 g/mol. The van der Waals surface area contributed by atoms with Gasteiger partial charge in [-0.05, 0) is 52.4 Å². The average Bonchev–Trinajstić information content (AvgIpc) is 3.25. The summed E-state index contributed by atoms with van der Waals surface area (Å²) < 4.78 is 2.26. The lowest BCUT2D eigenvalue weighted by molar-refractivity contribution is -0.115. The molecule has 0 spiro atoms. The standard InChI is InChI=1S/C30H19IN4O2/c31-23-16-17-25-24(19-23)29(36)34(27(32-25)21-12-6-2-7-13-21)35-28(22-14-8-3-9-15-22)33-26(30(35)37)18-20-10-4-1-5-11-20/h1-19H/b26-18-. The fourth-order valence-electron chi connectivity index (χ4n) is 4.28. The van der Waals surface area contributed by atoms with E-state index in [1.54, 1.807) is 12.1 Å². The lowest BCUT2D eigenvalue weighted by atomic mass is 10.1. The fraction of sp³-hybridized carbons (Fsp3) is 0. The quantitative estimate of drug-likeness (QED) is 0.200. The lowest BCUT2D eigenvalue weighted by Crippen LogP contribution is -2.49. The summed E-state index contributed by atoms with van der Waals surface area (Å²) in [7, 11) is 0. The Morgan fingerprint density at radius 1 is 0.730 bits per heavy atom. The third kappa shape index (κ3) is 4.27. The molecule has 1 aromatic heterocycles. The van der Waals surface area contributed by atoms with E-state index in [4.69, 9.17) is 9.98 Å². The molecule has 0 bridgehead atoms. The van der Waals surface area contributed by atoms with Gasteiger partial charge >= 0.3 is 0 Å². The molecule has 0 unspecified atom stereocenters. The van der Waals surface area contributed by atoms with Gasteiger partial charge in [-0.15, -0.1) is 0 Å². The van der Waals surface area contributed by atoms with Gasteiger partial charge in [0.25, 0.3) is 11.5 Å². The van der Waals surface area contributed by atoms with Crippen molar-refractivity contribution in [1.29, 1.82) is 0 Å². The number of hydrogen-bond acceptors (Lipinski definition) is 4. The molecule has 0 saturated heterocycles. The van der Waals surface area contributed by atoms with Gasteiger partial charge in [-0.2, -0.15) is 9.69 Å². The highest BCUT2D eigenvalue weighted by molar-refractivity contribution is 14.1. The molecular weight excluding hydrogens is 575 g/mol. The van der Waals surface area contributed by atoms with Crippen LogP contribution in [0, 0.1) is 3.57 Å². The number of amides is 1. The van der Waals surface area contributed by atoms with Gasteiger partial charge in [-0.25, -0.2) is 9.98 Å². The first-order chi connectivity index (χ1) is 18.1. The van der Waals surface area contributed by atoms with Gasteiger partial charge in [0.2, 0.25) is 0 Å². The smallest absolute Gasteiger partial charge is 0.267 e. The summed E-state index contributed by atoms with van der Waals surface area (Å²) in [5.41, 5.74) is 2.71. The maximum Gasteiger partial charge on any atom is 0.297 e. The predicted octanol–water partition coefficient (Wildman–Crippen LogP) is 5.63. The highest BCUT2D eigenvalue weighted by Crippen LogP contribution is 2.26. The molecule has 0 fully saturated rings. The molecule has 0 radical (unpaired) electrons. The summed E-state index contributed by atoms with van der Waals surface area (Å²) in [5.74, 6) is 0.310. The van der Waals surface area contributed by atoms with E-state index < -0.39 is 5.91 Å². The van der Waals surface area contributed by atoms with Crippen LogP contribution in [0.15, 0.2) is 125 Å². The van der Waals surface area contributed by atoms with Crippen LogP contribution in [-0.2, 0) is 4.79 Å². The Hall–Kier alpha value is -4.37. The van der Waals surface area contributed by atoms with E-state index in [-0.39, 0.29) is 11.3 Å². The van der Waals surface area contributed by atoms with Crippen molar-refractivity contribution < 1.29 is 4.79 Å². The summed E-state index contributed by atoms with van der Waals surface area (Å²) in [6.45, 7) is 0. The number of benzene rings is 4. The largest absolute Gasteiger partial charge is 0.297 e. The van der Waals surface area contributed by atoms with Gasteiger partial charge in [0.05, 0.1) is 10.9 Å². The number of carbonyl (C=O) groups is 1. The SMILES string of the molecule is O=C1/C(=C/c2ccccc2)N=C(c2ccccc2)N1n1c(-c2ccccc2)nc2ccc(I)cc2c1=O. The number of aliphatic imine (C=N–C) groups is 1. The summed E-state index contributed by atoms with van der Waals surface area (Å²) >= 11 is 2.17. The van der Waals surface area contributed by atoms with E-state index in [2.05, 4.69) is 22.6 Å². The molecule has 178 valence electrons. The lowest BCUT2D eigenvalue weighted by Gasteiger charge is -2.24. The normalized spacial score (nSPS) is 14.4. The van der Waals surface area contributed by atoms with Crippen LogP contribution >= 0.6 is 22.6 Å². The minimum absolute atomic E-state index is 0.235. The van der Waals surface area contributed by atoms with E-state index in [9.17, 15) is 9.59 Å². The molecule has 0 saturated carbocycles. The van der Waals surface area contributed by atoms with Crippen LogP contribution < -0.4 is 10.6 Å². The van der Waals surface area contributed by atoms with E-state index in [0.717, 1.165) is 9.13 Å². The summed E-state index contributed by atoms with van der Waals surface area (Å²) in [5, 5.41) is 1.77. The molecule has 0 aliphatic carbocycles. The van der Waals surface area contributed by atoms with Crippen molar-refractivity contribution in [3.05, 3.63) is 140 Å². The Bertz CT molecular complexity index is 1760. The maximum atomic E-state index is 14.1. The molecule has 4 aromatic carbocycles. The van der Waals surface area contributed by atoms with Gasteiger partial charge < -0.3 is 0 Å². The Morgan fingerprint density at radius 2 is 1.35 bits per heavy atom. The number of amidine groups is 1. The third-order valence-corrected chi connectivity index (χ3v) is 6.68. The second-order valence-corrected chi connectivity index (χ2v) is 9.68. The van der Waals surface area contributed by atoms with Crippen LogP contribution in [0.25, 0.3) is 28.4 Å². The number of halogens is 1. The van der Waals surface area contributed by atoms with E-state index in [0.29, 0.717) is 33.7 Å². The van der Waals surface area contributed by atoms with Crippen molar-refractivity contribution in [3.63, 3.8) is 0 Å². The molecule has 1 aliphatic rings. The number of nitrogens with zero attached hydrogens (tertiary/aromatic N) is 4. The van der Waals surface area contributed by atoms with Crippen LogP contribution in [-0.4, -0.2) is 21.4 Å². The van der Waals surface area contributed by atoms with Crippen LogP contribution in [0.5, 0.6) is 0 Å². The van der Waals surface area contributed by atoms with E-state index in [1.165, 1.54) is 9.69 Å². The number of hydrogen-bond donors (Lipinski definition) is 0. The zero-order valence-electron chi connectivity index (χ0n) is 19.5. The Morgan fingerprint density at radius 3 is 2.03 bits per heavy atom. The molecular formula is C30H19IN4O2. The summed E-state index contributed by atoms with van der Waals surface area (Å²) in [6.07, 6.45) is 1.73. The third-order valence-electron chi connectivity index (χ3n) is 6.01. The molecule has 2 heterocycles. The van der Waals surface area contributed by atoms with Crippen LogP contribution in [0.1, 0.15) is 11.1 Å². The van der Waals surface area contributed by atoms with Crippen LogP contribution in [0.2, 0.25) is 0 Å². The molecule has 6 rings (SSSR count). The van der Waals surface area contributed by atoms with Crippen molar-refractivity contribution >= 4 is 51.3 Å². The average molecular weight is 594 g/mol. The second-order valence-electron chi connectivity index (χ2n) is 8.44. The minimum Gasteiger partial charge on any atom is -0.267 e. The second kappa shape index (κ2) is 9.59. The molecule has 7 heteroatoms. The van der Waals surface area contributed by atoms with Gasteiger partial charge in [-0.1, -0.05) is 91.0 Å². The van der Waals surface area contributed by atoms with Crippen molar-refractivity contribution in [1.82, 2.24) is 9.66 Å². The molecule has 6 nitrogen and oxygen atoms in total. The number of fused-ring (bicyclic) bond motifs is 1. The van der Waals surface area contributed by atoms with Crippen molar-refractivity contribution in [3.8, 4) is 11.4 Å². The van der Waals surface area contributed by atoms with Gasteiger partial charge in [0.15, 0.2) is 11.7 Å². The molecule has 0 N–H and O–H groups in total. The van der Waals surface area contributed by atoms with Crippen molar-refractivity contribution in [2.75, 3.05) is 5.01 Å². The molecule has 5 aromatic rings. The van der Waals surface area contributed by atoms with Crippen LogP contribution in [0.4, 0.5) is 0 Å². The van der Waals surface area contributed by atoms with Gasteiger partial charge in [0.1, 0.15) is 5.70 Å². The number of carbonyl (C=O) groups excluding carboxylic acids is 1. The molecule has 1 aliphatic heterocycles. The first-order valence-electron chi connectivity index (χ1n) is 11.6. The molecule has 1 amide bonds. The van der Waals surface area contributed by atoms with Crippen molar-refractivity contribution in [2.45, 2.75) is 0 Å². The minimum atomic E-state index is -0.409. The molecule has 0 atom stereocenters. The first kappa shape index (κ1) is 23.1. The zero-order valence-corrected chi connectivity index (χ0v) is 21.6. The summed E-state index contributed by atoms with van der Waals surface area (Å²) in [6, 6.07) is 33.8. The number of rotatable bonds is 4. The predicted molar refractivity (Wildman–Crippen MR) is 155 cm³/mol. The maximum absolute atomic E-state index is 14.1. The molecule has 37 heavy (non-hydrogen) atoms. The van der Waals surface area contributed by atoms with Crippen molar-refractivity contribution in [2.24, 2.45) is 4.99 Å².